The quantitative estimate of drug-likeness (QED) is 0.895. The van der Waals surface area contributed by atoms with Crippen molar-refractivity contribution in [3.63, 3.8) is 0 Å². The Balaban J connectivity index is 2.45. The molecule has 0 fully saturated rings. The van der Waals surface area contributed by atoms with E-state index < -0.39 is 0 Å². The molecule has 94 valence electrons. The molecule has 1 aliphatic carbocycles. The van der Waals surface area contributed by atoms with E-state index in [-0.39, 0.29) is 0 Å². The number of halogens is 1. The molecule has 0 spiro atoms. The van der Waals surface area contributed by atoms with Gasteiger partial charge in [-0.05, 0) is 67.8 Å². The number of hydrogen-bond donors (Lipinski definition) is 1. The maximum atomic E-state index is 6.29. The largest absolute Gasteiger partial charge is 0.495 e. The molecule has 3 heteroatoms. The lowest BCUT2D eigenvalue weighted by Gasteiger charge is -2.22. The second-order valence-corrected chi connectivity index (χ2v) is 5.01. The topological polar surface area (TPSA) is 35.2 Å². The van der Waals surface area contributed by atoms with Gasteiger partial charge in [0.15, 0.2) is 0 Å². The van der Waals surface area contributed by atoms with Crippen molar-refractivity contribution in [1.82, 2.24) is 0 Å². The molecule has 0 unspecified atom stereocenters. The van der Waals surface area contributed by atoms with Gasteiger partial charge >= 0.3 is 0 Å². The van der Waals surface area contributed by atoms with Gasteiger partial charge in [-0.15, -0.1) is 0 Å². The number of hydrogen-bond acceptors (Lipinski definition) is 2. The van der Waals surface area contributed by atoms with Gasteiger partial charge in [-0.3, -0.25) is 0 Å². The Labute approximate surface area is 108 Å². The van der Waals surface area contributed by atoms with Crippen LogP contribution in [0.15, 0.2) is 6.07 Å². The number of nitrogens with two attached hydrogens (primary N) is 1. The molecule has 0 atom stereocenters. The highest BCUT2D eigenvalue weighted by Gasteiger charge is 2.19. The highest BCUT2D eigenvalue weighted by Crippen LogP contribution is 2.37. The molecular formula is C14H20ClNO. The fourth-order valence-corrected chi connectivity index (χ4v) is 3.02. The normalized spacial score (nSPS) is 14.5. The summed E-state index contributed by atoms with van der Waals surface area (Å²) in [5, 5.41) is 0.750. The van der Waals surface area contributed by atoms with Crippen molar-refractivity contribution < 1.29 is 4.74 Å². The first kappa shape index (κ1) is 12.7. The minimum Gasteiger partial charge on any atom is -0.495 e. The third kappa shape index (κ3) is 2.58. The van der Waals surface area contributed by atoms with Crippen molar-refractivity contribution in [2.45, 2.75) is 38.5 Å². The standard InChI is InChI=1S/C14H20ClNO/c1-17-14-12(7-4-8-16)11-6-3-2-5-10(11)9-13(14)15/h9H,2-8,16H2,1H3. The second-order valence-electron chi connectivity index (χ2n) is 4.61. The molecule has 0 bridgehead atoms. The summed E-state index contributed by atoms with van der Waals surface area (Å²) in [6, 6.07) is 2.08. The maximum Gasteiger partial charge on any atom is 0.140 e. The van der Waals surface area contributed by atoms with Crippen LogP contribution in [0.2, 0.25) is 5.02 Å². The first-order chi connectivity index (χ1) is 8.27. The average molecular weight is 254 g/mol. The van der Waals surface area contributed by atoms with Crippen LogP contribution in [0, 0.1) is 0 Å². The molecule has 0 aromatic heterocycles. The Bertz CT molecular complexity index is 404. The lowest BCUT2D eigenvalue weighted by molar-refractivity contribution is 0.407. The lowest BCUT2D eigenvalue weighted by Crippen LogP contribution is -2.10. The Hall–Kier alpha value is -0.730. The van der Waals surface area contributed by atoms with Crippen LogP contribution in [0.3, 0.4) is 0 Å². The van der Waals surface area contributed by atoms with E-state index in [1.807, 2.05) is 0 Å². The van der Waals surface area contributed by atoms with Crippen molar-refractivity contribution in [2.75, 3.05) is 13.7 Å². The van der Waals surface area contributed by atoms with Gasteiger partial charge in [0.05, 0.1) is 12.1 Å². The predicted molar refractivity (Wildman–Crippen MR) is 72.0 cm³/mol. The molecule has 2 N–H and O–H groups in total. The van der Waals surface area contributed by atoms with Crippen LogP contribution in [-0.2, 0) is 19.3 Å². The maximum absolute atomic E-state index is 6.29. The summed E-state index contributed by atoms with van der Waals surface area (Å²) in [5.74, 6) is 0.862. The molecule has 0 saturated carbocycles. The SMILES string of the molecule is COc1c(Cl)cc2c(c1CCCN)CCCC2. The van der Waals surface area contributed by atoms with E-state index >= 15 is 0 Å². The van der Waals surface area contributed by atoms with Crippen LogP contribution < -0.4 is 10.5 Å². The first-order valence-corrected chi connectivity index (χ1v) is 6.73. The number of ether oxygens (including phenoxy) is 1. The van der Waals surface area contributed by atoms with Gasteiger partial charge in [0.25, 0.3) is 0 Å². The summed E-state index contributed by atoms with van der Waals surface area (Å²) in [4.78, 5) is 0. The summed E-state index contributed by atoms with van der Waals surface area (Å²) in [6.07, 6.45) is 6.81. The van der Waals surface area contributed by atoms with E-state index in [1.54, 1.807) is 7.11 Å². The summed E-state index contributed by atoms with van der Waals surface area (Å²) < 4.78 is 5.47. The molecule has 17 heavy (non-hydrogen) atoms. The molecular weight excluding hydrogens is 234 g/mol. The zero-order valence-electron chi connectivity index (χ0n) is 10.4. The summed E-state index contributed by atoms with van der Waals surface area (Å²) >= 11 is 6.29. The predicted octanol–water partition coefficient (Wildman–Crippen LogP) is 3.12. The van der Waals surface area contributed by atoms with Crippen molar-refractivity contribution in [3.8, 4) is 5.75 Å². The minimum atomic E-state index is 0.713. The summed E-state index contributed by atoms with van der Waals surface area (Å²) in [5.41, 5.74) is 9.78. The van der Waals surface area contributed by atoms with Crippen molar-refractivity contribution in [2.24, 2.45) is 5.73 Å². The fraction of sp³-hybridized carbons (Fsp3) is 0.571. The van der Waals surface area contributed by atoms with Gasteiger partial charge in [-0.25, -0.2) is 0 Å². The molecule has 2 rings (SSSR count). The molecule has 0 aliphatic heterocycles. The van der Waals surface area contributed by atoms with Crippen LogP contribution in [0.1, 0.15) is 36.0 Å². The van der Waals surface area contributed by atoms with Gasteiger partial charge in [-0.1, -0.05) is 11.6 Å². The fourth-order valence-electron chi connectivity index (χ4n) is 2.70. The zero-order valence-corrected chi connectivity index (χ0v) is 11.1. The lowest BCUT2D eigenvalue weighted by atomic mass is 9.86. The van der Waals surface area contributed by atoms with Gasteiger partial charge in [0.2, 0.25) is 0 Å². The number of aryl methyl sites for hydroxylation is 1. The molecule has 0 saturated heterocycles. The average Bonchev–Trinajstić information content (AvgIpc) is 2.35. The van der Waals surface area contributed by atoms with Crippen LogP contribution >= 0.6 is 11.6 Å². The van der Waals surface area contributed by atoms with Crippen LogP contribution in [0.5, 0.6) is 5.75 Å². The third-order valence-electron chi connectivity index (χ3n) is 3.50. The van der Waals surface area contributed by atoms with Gasteiger partial charge in [0.1, 0.15) is 5.75 Å². The van der Waals surface area contributed by atoms with E-state index in [0.29, 0.717) is 6.54 Å². The van der Waals surface area contributed by atoms with Gasteiger partial charge in [0, 0.05) is 0 Å². The zero-order chi connectivity index (χ0) is 12.3. The van der Waals surface area contributed by atoms with Gasteiger partial charge < -0.3 is 10.5 Å². The number of methoxy groups -OCH3 is 1. The van der Waals surface area contributed by atoms with Gasteiger partial charge in [-0.2, -0.15) is 0 Å². The molecule has 1 aromatic rings. The summed E-state index contributed by atoms with van der Waals surface area (Å²) in [6.45, 7) is 0.713. The highest BCUT2D eigenvalue weighted by molar-refractivity contribution is 6.32. The number of rotatable bonds is 4. The van der Waals surface area contributed by atoms with E-state index in [9.17, 15) is 0 Å². The summed E-state index contributed by atoms with van der Waals surface area (Å²) in [7, 11) is 1.70. The van der Waals surface area contributed by atoms with Crippen molar-refractivity contribution in [1.29, 1.82) is 0 Å². The smallest absolute Gasteiger partial charge is 0.140 e. The van der Waals surface area contributed by atoms with E-state index in [4.69, 9.17) is 22.1 Å². The third-order valence-corrected chi connectivity index (χ3v) is 3.78. The molecule has 1 aromatic carbocycles. The number of benzene rings is 1. The molecule has 0 heterocycles. The number of fused-ring (bicyclic) bond motifs is 1. The monoisotopic (exact) mass is 253 g/mol. The molecule has 0 amide bonds. The molecule has 1 aliphatic rings. The second kappa shape index (κ2) is 5.74. The van der Waals surface area contributed by atoms with E-state index in [0.717, 1.165) is 36.5 Å². The van der Waals surface area contributed by atoms with Crippen molar-refractivity contribution in [3.05, 3.63) is 27.8 Å². The van der Waals surface area contributed by atoms with Crippen molar-refractivity contribution >= 4 is 11.6 Å². The van der Waals surface area contributed by atoms with E-state index in [1.165, 1.54) is 29.5 Å². The van der Waals surface area contributed by atoms with Crippen LogP contribution in [0.4, 0.5) is 0 Å². The molecule has 0 radical (unpaired) electrons. The Morgan fingerprint density at radius 3 is 2.82 bits per heavy atom. The van der Waals surface area contributed by atoms with E-state index in [2.05, 4.69) is 6.07 Å². The van der Waals surface area contributed by atoms with Crippen LogP contribution in [0.25, 0.3) is 0 Å². The minimum absolute atomic E-state index is 0.713. The Morgan fingerprint density at radius 2 is 2.12 bits per heavy atom. The Kier molecular flexibility index (Phi) is 4.30. The Morgan fingerprint density at radius 1 is 1.35 bits per heavy atom. The molecule has 2 nitrogen and oxygen atoms in total. The first-order valence-electron chi connectivity index (χ1n) is 6.35. The highest BCUT2D eigenvalue weighted by atomic mass is 35.5. The van der Waals surface area contributed by atoms with Crippen LogP contribution in [-0.4, -0.2) is 13.7 Å².